The maximum atomic E-state index is 12.2. The van der Waals surface area contributed by atoms with Gasteiger partial charge in [0.15, 0.2) is 6.10 Å². The van der Waals surface area contributed by atoms with E-state index in [-0.39, 0.29) is 11.7 Å². The van der Waals surface area contributed by atoms with E-state index in [0.29, 0.717) is 11.8 Å². The number of hydrogen-bond acceptors (Lipinski definition) is 3. The van der Waals surface area contributed by atoms with Crippen molar-refractivity contribution in [3.63, 3.8) is 0 Å². The van der Waals surface area contributed by atoms with Gasteiger partial charge in [-0.2, -0.15) is 0 Å². The molecule has 2 N–H and O–H groups in total. The van der Waals surface area contributed by atoms with Gasteiger partial charge in [-0.15, -0.1) is 0 Å². The fourth-order valence-electron chi connectivity index (χ4n) is 3.06. The van der Waals surface area contributed by atoms with Crippen molar-refractivity contribution in [2.24, 2.45) is 0 Å². The van der Waals surface area contributed by atoms with Crippen LogP contribution in [0.3, 0.4) is 0 Å². The van der Waals surface area contributed by atoms with Crippen LogP contribution in [0.2, 0.25) is 0 Å². The van der Waals surface area contributed by atoms with Crippen molar-refractivity contribution in [1.29, 1.82) is 0 Å². The van der Waals surface area contributed by atoms with Gasteiger partial charge in [0, 0.05) is 11.4 Å². The van der Waals surface area contributed by atoms with Gasteiger partial charge < -0.3 is 15.2 Å². The lowest BCUT2D eigenvalue weighted by atomic mass is 9.97. The molecule has 0 spiro atoms. The predicted octanol–water partition coefficient (Wildman–Crippen LogP) is 4.26. The molecule has 4 nitrogen and oxygen atoms in total. The van der Waals surface area contributed by atoms with E-state index in [2.05, 4.69) is 5.32 Å². The summed E-state index contributed by atoms with van der Waals surface area (Å²) in [5.41, 5.74) is 2.08. The number of nitrogens with one attached hydrogen (secondary N) is 1. The van der Waals surface area contributed by atoms with Crippen molar-refractivity contribution in [2.45, 2.75) is 31.9 Å². The summed E-state index contributed by atoms with van der Waals surface area (Å²) in [7, 11) is 0. The number of rotatable bonds is 5. The molecule has 0 bridgehead atoms. The number of phenolic OH excluding ortho intramolecular Hbond substituents is 1. The largest absolute Gasteiger partial charge is 0.508 e. The Hall–Kier alpha value is -3.01. The number of hydrogen-bond donors (Lipinski definition) is 2. The van der Waals surface area contributed by atoms with Crippen molar-refractivity contribution in [3.05, 3.63) is 60.7 Å². The highest BCUT2D eigenvalue weighted by Gasteiger charge is 2.26. The minimum absolute atomic E-state index is 0.0702. The molecule has 132 valence electrons. The van der Waals surface area contributed by atoms with Crippen LogP contribution in [0, 0.1) is 0 Å². The van der Waals surface area contributed by atoms with Gasteiger partial charge >= 0.3 is 0 Å². The zero-order valence-electron chi connectivity index (χ0n) is 14.6. The molecule has 3 aromatic rings. The molecule has 0 radical (unpaired) electrons. The van der Waals surface area contributed by atoms with Crippen LogP contribution in [0.15, 0.2) is 60.7 Å². The maximum absolute atomic E-state index is 12.2. The monoisotopic (exact) mass is 347 g/mol. The van der Waals surface area contributed by atoms with Crippen molar-refractivity contribution < 1.29 is 14.6 Å². The average molecular weight is 347 g/mol. The first-order valence-corrected chi connectivity index (χ1v) is 8.90. The molecule has 0 heterocycles. The summed E-state index contributed by atoms with van der Waals surface area (Å²) in [4.78, 5) is 12.2. The van der Waals surface area contributed by atoms with Crippen molar-refractivity contribution in [1.82, 2.24) is 5.32 Å². The zero-order valence-corrected chi connectivity index (χ0v) is 14.6. The summed E-state index contributed by atoms with van der Waals surface area (Å²) >= 11 is 0. The molecule has 0 aliphatic heterocycles. The van der Waals surface area contributed by atoms with E-state index in [1.165, 1.54) is 0 Å². The fourth-order valence-corrected chi connectivity index (χ4v) is 3.06. The number of ether oxygens (including phenoxy) is 1. The molecule has 1 atom stereocenters. The van der Waals surface area contributed by atoms with Crippen LogP contribution in [-0.2, 0) is 4.79 Å². The molecule has 1 aliphatic rings. The van der Waals surface area contributed by atoms with Gasteiger partial charge in [0.1, 0.15) is 11.5 Å². The highest BCUT2D eigenvalue weighted by atomic mass is 16.5. The van der Waals surface area contributed by atoms with Gasteiger partial charge in [0.25, 0.3) is 5.91 Å². The summed E-state index contributed by atoms with van der Waals surface area (Å²) in [6.07, 6.45) is 1.57. The van der Waals surface area contributed by atoms with Crippen molar-refractivity contribution in [2.75, 3.05) is 0 Å². The normalized spacial score (nSPS) is 14.8. The van der Waals surface area contributed by atoms with Gasteiger partial charge in [-0.1, -0.05) is 42.5 Å². The molecule has 1 fully saturated rings. The standard InChI is InChI=1S/C22H21NO3/c1-14(22(25)23-16-8-9-16)26-21-13-12-18(15-6-10-17(24)11-7-15)19-4-2-3-5-20(19)21/h2-7,10-14,16,24H,8-9H2,1H3,(H,23,25). The Bertz CT molecular complexity index is 945. The quantitative estimate of drug-likeness (QED) is 0.725. The lowest BCUT2D eigenvalue weighted by Crippen LogP contribution is -2.37. The number of phenols is 1. The average Bonchev–Trinajstić information content (AvgIpc) is 3.47. The molecule has 4 heteroatoms. The molecule has 1 saturated carbocycles. The number of carbonyl (C=O) groups is 1. The van der Waals surface area contributed by atoms with Crippen LogP contribution >= 0.6 is 0 Å². The van der Waals surface area contributed by atoms with E-state index in [1.807, 2.05) is 48.5 Å². The van der Waals surface area contributed by atoms with Crippen molar-refractivity contribution in [3.8, 4) is 22.6 Å². The third-order valence-corrected chi connectivity index (χ3v) is 4.66. The molecule has 4 rings (SSSR count). The van der Waals surface area contributed by atoms with E-state index in [0.717, 1.165) is 34.7 Å². The van der Waals surface area contributed by atoms with Crippen LogP contribution in [0.4, 0.5) is 0 Å². The highest BCUT2D eigenvalue weighted by molar-refractivity contribution is 6.00. The second kappa shape index (κ2) is 6.71. The molecule has 1 unspecified atom stereocenters. The number of aromatic hydroxyl groups is 1. The molecule has 0 saturated heterocycles. The van der Waals surface area contributed by atoms with E-state index >= 15 is 0 Å². The van der Waals surface area contributed by atoms with Gasteiger partial charge in [-0.25, -0.2) is 0 Å². The zero-order chi connectivity index (χ0) is 18.1. The summed E-state index contributed by atoms with van der Waals surface area (Å²) in [6.45, 7) is 1.78. The molecule has 0 aromatic heterocycles. The third-order valence-electron chi connectivity index (χ3n) is 4.66. The molecule has 1 aliphatic carbocycles. The SMILES string of the molecule is CC(Oc1ccc(-c2ccc(O)cc2)c2ccccc12)C(=O)NC1CC1. The Labute approximate surface area is 152 Å². The summed E-state index contributed by atoms with van der Waals surface area (Å²) in [5, 5.41) is 14.5. The summed E-state index contributed by atoms with van der Waals surface area (Å²) in [5.74, 6) is 0.870. The fraction of sp³-hybridized carbons (Fsp3) is 0.227. The molecule has 1 amide bonds. The van der Waals surface area contributed by atoms with Crippen LogP contribution in [0.1, 0.15) is 19.8 Å². The van der Waals surface area contributed by atoms with Crippen LogP contribution < -0.4 is 10.1 Å². The molecular weight excluding hydrogens is 326 g/mol. The molecular formula is C22H21NO3. The maximum Gasteiger partial charge on any atom is 0.260 e. The Morgan fingerprint density at radius 1 is 1.04 bits per heavy atom. The Morgan fingerprint density at radius 3 is 2.42 bits per heavy atom. The first-order valence-electron chi connectivity index (χ1n) is 8.90. The van der Waals surface area contributed by atoms with Crippen LogP contribution in [0.25, 0.3) is 21.9 Å². The number of fused-ring (bicyclic) bond motifs is 1. The van der Waals surface area contributed by atoms with E-state index in [4.69, 9.17) is 4.74 Å². The Morgan fingerprint density at radius 2 is 1.73 bits per heavy atom. The number of amides is 1. The first kappa shape index (κ1) is 16.5. The van der Waals surface area contributed by atoms with Crippen LogP contribution in [-0.4, -0.2) is 23.2 Å². The Kier molecular flexibility index (Phi) is 4.25. The summed E-state index contributed by atoms with van der Waals surface area (Å²) in [6, 6.07) is 19.4. The first-order chi connectivity index (χ1) is 12.6. The predicted molar refractivity (Wildman–Crippen MR) is 102 cm³/mol. The van der Waals surface area contributed by atoms with Gasteiger partial charge in [-0.05, 0) is 54.5 Å². The summed E-state index contributed by atoms with van der Waals surface area (Å²) < 4.78 is 5.98. The van der Waals surface area contributed by atoms with Crippen LogP contribution in [0.5, 0.6) is 11.5 Å². The Balaban J connectivity index is 1.67. The number of benzene rings is 3. The highest BCUT2D eigenvalue weighted by Crippen LogP contribution is 2.35. The minimum atomic E-state index is -0.543. The van der Waals surface area contributed by atoms with Gasteiger partial charge in [0.05, 0.1) is 0 Å². The lowest BCUT2D eigenvalue weighted by Gasteiger charge is -2.17. The number of carbonyl (C=O) groups excluding carboxylic acids is 1. The topological polar surface area (TPSA) is 58.6 Å². The third kappa shape index (κ3) is 3.36. The van der Waals surface area contributed by atoms with E-state index in [1.54, 1.807) is 19.1 Å². The van der Waals surface area contributed by atoms with Gasteiger partial charge in [-0.3, -0.25) is 4.79 Å². The molecule has 26 heavy (non-hydrogen) atoms. The smallest absolute Gasteiger partial charge is 0.260 e. The lowest BCUT2D eigenvalue weighted by molar-refractivity contribution is -0.127. The minimum Gasteiger partial charge on any atom is -0.508 e. The van der Waals surface area contributed by atoms with Gasteiger partial charge in [0.2, 0.25) is 0 Å². The van der Waals surface area contributed by atoms with E-state index in [9.17, 15) is 9.90 Å². The second-order valence-corrected chi connectivity index (χ2v) is 6.75. The second-order valence-electron chi connectivity index (χ2n) is 6.75. The molecule has 3 aromatic carbocycles. The van der Waals surface area contributed by atoms with E-state index < -0.39 is 6.10 Å². The van der Waals surface area contributed by atoms with Crippen molar-refractivity contribution >= 4 is 16.7 Å².